The second kappa shape index (κ2) is 3.97. The van der Waals surface area contributed by atoms with Gasteiger partial charge in [-0.05, 0) is 49.8 Å². The molecular formula is C12H18N2S. The summed E-state index contributed by atoms with van der Waals surface area (Å²) in [4.78, 5) is 0. The molecule has 0 heterocycles. The van der Waals surface area contributed by atoms with Gasteiger partial charge in [0, 0.05) is 22.7 Å². The third kappa shape index (κ3) is 2.40. The van der Waals surface area contributed by atoms with Crippen molar-refractivity contribution < 1.29 is 0 Å². The summed E-state index contributed by atoms with van der Waals surface area (Å²) in [6.45, 7) is 3.16. The molecule has 1 aliphatic carbocycles. The van der Waals surface area contributed by atoms with Gasteiger partial charge in [-0.15, -0.1) is 0 Å². The Morgan fingerprint density at radius 2 is 2.20 bits per heavy atom. The van der Waals surface area contributed by atoms with E-state index in [2.05, 4.69) is 24.6 Å². The largest absolute Gasteiger partial charge is 0.399 e. The Morgan fingerprint density at radius 1 is 1.47 bits per heavy atom. The molecule has 0 bridgehead atoms. The van der Waals surface area contributed by atoms with Crippen molar-refractivity contribution in [1.82, 2.24) is 0 Å². The number of hydrogen-bond donors (Lipinski definition) is 2. The van der Waals surface area contributed by atoms with E-state index in [1.54, 1.807) is 0 Å². The summed E-state index contributed by atoms with van der Waals surface area (Å²) < 4.78 is 0.508. The average molecular weight is 222 g/mol. The Morgan fingerprint density at radius 3 is 2.73 bits per heavy atom. The second-order valence-electron chi connectivity index (χ2n) is 4.32. The van der Waals surface area contributed by atoms with Crippen LogP contribution in [-0.4, -0.2) is 17.5 Å². The molecule has 0 amide bonds. The van der Waals surface area contributed by atoms with E-state index in [0.29, 0.717) is 4.75 Å². The number of benzene rings is 1. The fourth-order valence-corrected chi connectivity index (χ4v) is 2.46. The fraction of sp³-hybridized carbons (Fsp3) is 0.500. The van der Waals surface area contributed by atoms with Crippen LogP contribution in [0.4, 0.5) is 11.4 Å². The number of nitrogen functional groups attached to an aromatic ring is 1. The van der Waals surface area contributed by atoms with Gasteiger partial charge in [0.15, 0.2) is 0 Å². The fourth-order valence-electron chi connectivity index (χ4n) is 1.73. The lowest BCUT2D eigenvalue weighted by atomic mass is 10.2. The lowest BCUT2D eigenvalue weighted by Gasteiger charge is -2.15. The van der Waals surface area contributed by atoms with Crippen molar-refractivity contribution in [2.45, 2.75) is 24.5 Å². The van der Waals surface area contributed by atoms with E-state index in [4.69, 9.17) is 5.73 Å². The zero-order valence-corrected chi connectivity index (χ0v) is 10.2. The van der Waals surface area contributed by atoms with Gasteiger partial charge >= 0.3 is 0 Å². The zero-order chi connectivity index (χ0) is 10.9. The second-order valence-corrected chi connectivity index (χ2v) is 5.59. The molecule has 1 aromatic carbocycles. The van der Waals surface area contributed by atoms with Crippen molar-refractivity contribution in [1.29, 1.82) is 0 Å². The molecule has 3 heteroatoms. The van der Waals surface area contributed by atoms with Gasteiger partial charge in [0.2, 0.25) is 0 Å². The lowest BCUT2D eigenvalue weighted by molar-refractivity contribution is 0.947. The number of aryl methyl sites for hydroxylation is 1. The Bertz CT molecular complexity index is 359. The Balaban J connectivity index is 1.99. The smallest absolute Gasteiger partial charge is 0.0371 e. The van der Waals surface area contributed by atoms with E-state index >= 15 is 0 Å². The highest BCUT2D eigenvalue weighted by Crippen LogP contribution is 2.47. The lowest BCUT2D eigenvalue weighted by Crippen LogP contribution is -2.17. The van der Waals surface area contributed by atoms with Crippen LogP contribution < -0.4 is 11.1 Å². The van der Waals surface area contributed by atoms with Crippen molar-refractivity contribution in [2.24, 2.45) is 0 Å². The third-order valence-corrected chi connectivity index (χ3v) is 4.51. The molecule has 0 aliphatic heterocycles. The van der Waals surface area contributed by atoms with Crippen molar-refractivity contribution in [3.8, 4) is 0 Å². The SMILES string of the molecule is CSC1(CNc2ccc(N)cc2C)CC1. The van der Waals surface area contributed by atoms with Crippen LogP contribution in [-0.2, 0) is 0 Å². The molecule has 0 atom stereocenters. The summed E-state index contributed by atoms with van der Waals surface area (Å²) in [5, 5.41) is 3.52. The number of anilines is 2. The first kappa shape index (κ1) is 10.7. The normalized spacial score (nSPS) is 17.5. The van der Waals surface area contributed by atoms with Crippen LogP contribution in [0.1, 0.15) is 18.4 Å². The topological polar surface area (TPSA) is 38.0 Å². The number of rotatable bonds is 4. The molecule has 0 aromatic heterocycles. The van der Waals surface area contributed by atoms with Gasteiger partial charge in [0.05, 0.1) is 0 Å². The Labute approximate surface area is 95.6 Å². The maximum absolute atomic E-state index is 5.72. The van der Waals surface area contributed by atoms with Gasteiger partial charge < -0.3 is 11.1 Å². The van der Waals surface area contributed by atoms with Gasteiger partial charge in [0.25, 0.3) is 0 Å². The monoisotopic (exact) mass is 222 g/mol. The molecule has 0 radical (unpaired) electrons. The molecule has 1 fully saturated rings. The van der Waals surface area contributed by atoms with E-state index in [-0.39, 0.29) is 0 Å². The van der Waals surface area contributed by atoms with Crippen molar-refractivity contribution in [2.75, 3.05) is 23.9 Å². The van der Waals surface area contributed by atoms with Crippen LogP contribution >= 0.6 is 11.8 Å². The highest BCUT2D eigenvalue weighted by molar-refractivity contribution is 8.00. The first-order valence-electron chi connectivity index (χ1n) is 5.30. The van der Waals surface area contributed by atoms with E-state index in [1.165, 1.54) is 24.1 Å². The summed E-state index contributed by atoms with van der Waals surface area (Å²) in [5.74, 6) is 0. The molecule has 2 nitrogen and oxygen atoms in total. The maximum atomic E-state index is 5.72. The van der Waals surface area contributed by atoms with Crippen molar-refractivity contribution in [3.63, 3.8) is 0 Å². The zero-order valence-electron chi connectivity index (χ0n) is 9.34. The van der Waals surface area contributed by atoms with Gasteiger partial charge in [-0.3, -0.25) is 0 Å². The minimum Gasteiger partial charge on any atom is -0.399 e. The molecule has 82 valence electrons. The minimum atomic E-state index is 0.508. The van der Waals surface area contributed by atoms with Crippen molar-refractivity contribution >= 4 is 23.1 Å². The van der Waals surface area contributed by atoms with Gasteiger partial charge in [-0.25, -0.2) is 0 Å². The molecule has 1 aliphatic rings. The van der Waals surface area contributed by atoms with E-state index in [9.17, 15) is 0 Å². The minimum absolute atomic E-state index is 0.508. The molecule has 1 aromatic rings. The van der Waals surface area contributed by atoms with Gasteiger partial charge in [-0.1, -0.05) is 0 Å². The van der Waals surface area contributed by atoms with E-state index in [0.717, 1.165) is 12.2 Å². The standard InChI is InChI=1S/C12H18N2S/c1-9-7-10(13)3-4-11(9)14-8-12(15-2)5-6-12/h3-4,7,14H,5-6,8,13H2,1-2H3. The molecule has 3 N–H and O–H groups in total. The molecule has 15 heavy (non-hydrogen) atoms. The molecule has 2 rings (SSSR count). The number of thioether (sulfide) groups is 1. The number of nitrogens with one attached hydrogen (secondary N) is 1. The Kier molecular flexibility index (Phi) is 2.83. The maximum Gasteiger partial charge on any atom is 0.0371 e. The molecule has 0 saturated heterocycles. The van der Waals surface area contributed by atoms with Gasteiger partial charge in [-0.2, -0.15) is 11.8 Å². The van der Waals surface area contributed by atoms with Crippen LogP contribution in [0, 0.1) is 6.92 Å². The highest BCUT2D eigenvalue weighted by Gasteiger charge is 2.41. The molecule has 0 spiro atoms. The van der Waals surface area contributed by atoms with Crippen LogP contribution in [0.5, 0.6) is 0 Å². The van der Waals surface area contributed by atoms with Crippen LogP contribution in [0.15, 0.2) is 18.2 Å². The van der Waals surface area contributed by atoms with Crippen molar-refractivity contribution in [3.05, 3.63) is 23.8 Å². The summed E-state index contributed by atoms with van der Waals surface area (Å²) in [5.41, 5.74) is 8.99. The quantitative estimate of drug-likeness (QED) is 0.769. The molecular weight excluding hydrogens is 204 g/mol. The predicted molar refractivity (Wildman–Crippen MR) is 69.6 cm³/mol. The predicted octanol–water partition coefficient (Wildman–Crippen LogP) is 2.88. The molecule has 0 unspecified atom stereocenters. The summed E-state index contributed by atoms with van der Waals surface area (Å²) in [6, 6.07) is 6.04. The average Bonchev–Trinajstić information content (AvgIpc) is 2.97. The summed E-state index contributed by atoms with van der Waals surface area (Å²) >= 11 is 1.98. The first-order chi connectivity index (χ1) is 7.15. The summed E-state index contributed by atoms with van der Waals surface area (Å²) in [7, 11) is 0. The van der Waals surface area contributed by atoms with E-state index in [1.807, 2.05) is 23.9 Å². The summed E-state index contributed by atoms with van der Waals surface area (Å²) in [6.07, 6.45) is 4.88. The molecule has 1 saturated carbocycles. The Hall–Kier alpha value is -0.830. The highest BCUT2D eigenvalue weighted by atomic mass is 32.2. The number of nitrogens with two attached hydrogens (primary N) is 1. The van der Waals surface area contributed by atoms with Crippen LogP contribution in [0.25, 0.3) is 0 Å². The number of hydrogen-bond acceptors (Lipinski definition) is 3. The van der Waals surface area contributed by atoms with Crippen LogP contribution in [0.3, 0.4) is 0 Å². The van der Waals surface area contributed by atoms with Gasteiger partial charge in [0.1, 0.15) is 0 Å². The van der Waals surface area contributed by atoms with Crippen LogP contribution in [0.2, 0.25) is 0 Å². The van der Waals surface area contributed by atoms with E-state index < -0.39 is 0 Å². The third-order valence-electron chi connectivity index (χ3n) is 3.09. The first-order valence-corrected chi connectivity index (χ1v) is 6.53.